The monoisotopic (exact) mass is 354 g/mol. The second-order valence-electron chi connectivity index (χ2n) is 7.66. The van der Waals surface area contributed by atoms with Crippen molar-refractivity contribution in [1.82, 2.24) is 0 Å². The summed E-state index contributed by atoms with van der Waals surface area (Å²) in [5.74, 6) is -2.09. The highest BCUT2D eigenvalue weighted by molar-refractivity contribution is 5.86. The van der Waals surface area contributed by atoms with Crippen LogP contribution < -0.4 is 0 Å². The van der Waals surface area contributed by atoms with Crippen molar-refractivity contribution in [2.24, 2.45) is 0 Å². The van der Waals surface area contributed by atoms with E-state index in [1.54, 1.807) is 6.92 Å². The van der Waals surface area contributed by atoms with Crippen molar-refractivity contribution >= 4 is 5.97 Å². The summed E-state index contributed by atoms with van der Waals surface area (Å²) in [6, 6.07) is 0. The fourth-order valence-corrected chi connectivity index (χ4v) is 3.70. The first kappa shape index (κ1) is 17.4. The Hall–Kier alpha value is -0.990. The number of aliphatic hydroxyl groups is 1. The minimum absolute atomic E-state index is 0.101. The Morgan fingerprint density at radius 2 is 1.96 bits per heavy atom. The fourth-order valence-electron chi connectivity index (χ4n) is 3.70. The zero-order valence-corrected chi connectivity index (χ0v) is 14.6. The van der Waals surface area contributed by atoms with Gasteiger partial charge in [-0.05, 0) is 19.8 Å². The molecule has 0 aromatic rings. The van der Waals surface area contributed by atoms with Gasteiger partial charge < -0.3 is 28.8 Å². The number of hydrogen-bond donors (Lipinski definition) is 1. The molecule has 0 unspecified atom stereocenters. The molecular formula is C18H26O7. The number of carbonyl (C=O) groups excluding carboxylic acids is 1. The Bertz CT molecular complexity index is 552. The van der Waals surface area contributed by atoms with Gasteiger partial charge >= 0.3 is 5.97 Å². The molecule has 0 aromatic carbocycles. The third-order valence-electron chi connectivity index (χ3n) is 5.51. The summed E-state index contributed by atoms with van der Waals surface area (Å²) in [5.41, 5.74) is 0.346. The molecule has 4 aliphatic rings. The summed E-state index contributed by atoms with van der Waals surface area (Å²) in [6.07, 6.45) is 3.80. The molecule has 7 heteroatoms. The van der Waals surface area contributed by atoms with Crippen LogP contribution in [0.15, 0.2) is 12.2 Å². The van der Waals surface area contributed by atoms with E-state index in [2.05, 4.69) is 6.58 Å². The van der Waals surface area contributed by atoms with Crippen molar-refractivity contribution < 1.29 is 33.6 Å². The van der Waals surface area contributed by atoms with Crippen molar-refractivity contribution in [2.75, 3.05) is 6.61 Å². The summed E-state index contributed by atoms with van der Waals surface area (Å²) in [4.78, 5) is 11.6. The van der Waals surface area contributed by atoms with Crippen LogP contribution in [0.1, 0.15) is 51.9 Å². The number of ether oxygens (including phenoxy) is 5. The van der Waals surface area contributed by atoms with Gasteiger partial charge in [0.05, 0.1) is 12.2 Å². The maximum Gasteiger partial charge on any atom is 0.333 e. The Morgan fingerprint density at radius 1 is 1.24 bits per heavy atom. The fraction of sp³-hybridized carbons (Fsp3) is 0.833. The van der Waals surface area contributed by atoms with Gasteiger partial charge in [0.25, 0.3) is 0 Å². The van der Waals surface area contributed by atoms with Gasteiger partial charge in [0.15, 0.2) is 17.9 Å². The zero-order chi connectivity index (χ0) is 17.7. The molecule has 0 aromatic heterocycles. The summed E-state index contributed by atoms with van der Waals surface area (Å²) in [7, 11) is 0. The first-order valence-corrected chi connectivity index (χ1v) is 9.12. The Kier molecular flexibility index (Phi) is 4.40. The first-order valence-electron chi connectivity index (χ1n) is 9.12. The predicted molar refractivity (Wildman–Crippen MR) is 85.3 cm³/mol. The van der Waals surface area contributed by atoms with Crippen LogP contribution in [-0.4, -0.2) is 53.9 Å². The lowest BCUT2D eigenvalue weighted by Gasteiger charge is -2.44. The van der Waals surface area contributed by atoms with Crippen LogP contribution >= 0.6 is 0 Å². The van der Waals surface area contributed by atoms with Gasteiger partial charge in [0.2, 0.25) is 0 Å². The third-order valence-corrected chi connectivity index (χ3v) is 5.51. The number of carbonyl (C=O) groups is 1. The van der Waals surface area contributed by atoms with Crippen molar-refractivity contribution in [2.45, 2.75) is 88.0 Å². The minimum atomic E-state index is -1.08. The number of fused-ring (bicyclic) bond motifs is 1. The standard InChI is InChI=1S/C18H26O7/c1-11(2)15(19)21-10-12-9-13(23-17(20)5-3-6-17)14-16(22-12)25-18(24-14)7-4-8-18/h12-14,16,20H,1,3-10H2,2H3/t12-,13-,14-,16-/m0/s1. The molecule has 2 aliphatic carbocycles. The molecule has 1 N–H and O–H groups in total. The highest BCUT2D eigenvalue weighted by Gasteiger charge is 2.58. The number of rotatable bonds is 5. The number of hydrogen-bond acceptors (Lipinski definition) is 7. The van der Waals surface area contributed by atoms with E-state index in [9.17, 15) is 9.90 Å². The molecule has 2 heterocycles. The van der Waals surface area contributed by atoms with Gasteiger partial charge in [0.1, 0.15) is 12.7 Å². The van der Waals surface area contributed by atoms with Gasteiger partial charge in [-0.3, -0.25) is 0 Å². The van der Waals surface area contributed by atoms with E-state index in [1.165, 1.54) is 0 Å². The minimum Gasteiger partial charge on any atom is -0.460 e. The van der Waals surface area contributed by atoms with Crippen molar-refractivity contribution in [3.63, 3.8) is 0 Å². The highest BCUT2D eigenvalue weighted by Crippen LogP contribution is 2.48. The average molecular weight is 354 g/mol. The maximum atomic E-state index is 11.6. The quantitative estimate of drug-likeness (QED) is 0.458. The molecule has 4 fully saturated rings. The molecule has 140 valence electrons. The lowest BCUT2D eigenvalue weighted by Crippen LogP contribution is -2.54. The van der Waals surface area contributed by atoms with E-state index >= 15 is 0 Å². The lowest BCUT2D eigenvalue weighted by molar-refractivity contribution is -0.310. The summed E-state index contributed by atoms with van der Waals surface area (Å²) < 4.78 is 29.3. The van der Waals surface area contributed by atoms with E-state index in [0.717, 1.165) is 25.7 Å². The van der Waals surface area contributed by atoms with E-state index < -0.39 is 23.8 Å². The summed E-state index contributed by atoms with van der Waals surface area (Å²) in [6.45, 7) is 5.28. The molecule has 2 aliphatic heterocycles. The van der Waals surface area contributed by atoms with Gasteiger partial charge in [-0.1, -0.05) is 6.58 Å². The van der Waals surface area contributed by atoms with Crippen LogP contribution in [0, 0.1) is 0 Å². The van der Waals surface area contributed by atoms with Crippen LogP contribution in [0.3, 0.4) is 0 Å². The molecule has 0 bridgehead atoms. The summed E-state index contributed by atoms with van der Waals surface area (Å²) in [5, 5.41) is 10.4. The Labute approximate surface area is 147 Å². The molecule has 4 rings (SSSR count). The molecule has 0 amide bonds. The Balaban J connectivity index is 1.43. The van der Waals surface area contributed by atoms with E-state index in [0.29, 0.717) is 24.8 Å². The molecule has 2 saturated heterocycles. The predicted octanol–water partition coefficient (Wildman–Crippen LogP) is 1.77. The molecular weight excluding hydrogens is 328 g/mol. The Morgan fingerprint density at radius 3 is 2.52 bits per heavy atom. The van der Waals surface area contributed by atoms with E-state index in [1.807, 2.05) is 0 Å². The van der Waals surface area contributed by atoms with Crippen molar-refractivity contribution in [3.8, 4) is 0 Å². The molecule has 4 atom stereocenters. The highest BCUT2D eigenvalue weighted by atomic mass is 16.8. The smallest absolute Gasteiger partial charge is 0.333 e. The lowest BCUT2D eigenvalue weighted by atomic mass is 9.90. The van der Waals surface area contributed by atoms with Crippen LogP contribution in [0.25, 0.3) is 0 Å². The van der Waals surface area contributed by atoms with E-state index in [-0.39, 0.29) is 24.9 Å². The number of esters is 1. The van der Waals surface area contributed by atoms with E-state index in [4.69, 9.17) is 23.7 Å². The molecule has 2 saturated carbocycles. The largest absolute Gasteiger partial charge is 0.460 e. The topological polar surface area (TPSA) is 83.5 Å². The average Bonchev–Trinajstić information content (AvgIpc) is 2.91. The van der Waals surface area contributed by atoms with Crippen LogP contribution in [-0.2, 0) is 28.5 Å². The second kappa shape index (κ2) is 6.32. The van der Waals surface area contributed by atoms with Gasteiger partial charge in [-0.25, -0.2) is 4.79 Å². The maximum absolute atomic E-state index is 11.6. The zero-order valence-electron chi connectivity index (χ0n) is 14.6. The summed E-state index contributed by atoms with van der Waals surface area (Å²) >= 11 is 0. The molecule has 7 nitrogen and oxygen atoms in total. The molecule has 1 spiro atoms. The van der Waals surface area contributed by atoms with Gasteiger partial charge in [-0.15, -0.1) is 0 Å². The van der Waals surface area contributed by atoms with Crippen LogP contribution in [0.4, 0.5) is 0 Å². The van der Waals surface area contributed by atoms with Crippen molar-refractivity contribution in [1.29, 1.82) is 0 Å². The van der Waals surface area contributed by atoms with Crippen molar-refractivity contribution in [3.05, 3.63) is 12.2 Å². The molecule has 0 radical (unpaired) electrons. The van der Waals surface area contributed by atoms with Gasteiger partial charge in [0, 0.05) is 37.7 Å². The van der Waals surface area contributed by atoms with Crippen LogP contribution in [0.2, 0.25) is 0 Å². The second-order valence-corrected chi connectivity index (χ2v) is 7.66. The van der Waals surface area contributed by atoms with Crippen LogP contribution in [0.5, 0.6) is 0 Å². The molecule has 25 heavy (non-hydrogen) atoms. The SMILES string of the molecule is C=C(C)C(=O)OC[C@@H]1C[C@H](OC2(O)CCC2)[C@@H]2OC3(CCC3)O[C@@H]2O1. The normalized spacial score (nSPS) is 37.7. The first-order chi connectivity index (χ1) is 11.9. The van der Waals surface area contributed by atoms with Gasteiger partial charge in [-0.2, -0.15) is 0 Å². The third kappa shape index (κ3) is 3.36.